The number of nitrogens with one attached hydrogen (secondary N) is 1. The van der Waals surface area contributed by atoms with Gasteiger partial charge in [-0.25, -0.2) is 9.97 Å². The fourth-order valence-electron chi connectivity index (χ4n) is 3.00. The number of hydrogen-bond donors (Lipinski definition) is 2. The van der Waals surface area contributed by atoms with Crippen molar-refractivity contribution < 1.29 is 9.84 Å². The first-order valence-corrected chi connectivity index (χ1v) is 9.16. The Bertz CT molecular complexity index is 1080. The van der Waals surface area contributed by atoms with E-state index in [4.69, 9.17) is 4.74 Å². The summed E-state index contributed by atoms with van der Waals surface area (Å²) in [5.41, 5.74) is 3.19. The molecule has 7 heteroatoms. The van der Waals surface area contributed by atoms with Gasteiger partial charge in [0.25, 0.3) is 0 Å². The van der Waals surface area contributed by atoms with Crippen molar-refractivity contribution in [3.8, 4) is 17.1 Å². The van der Waals surface area contributed by atoms with Gasteiger partial charge in [-0.2, -0.15) is 5.10 Å². The molecule has 0 saturated carbocycles. The van der Waals surface area contributed by atoms with Crippen LogP contribution in [0.4, 0.5) is 0 Å². The first-order chi connectivity index (χ1) is 13.4. The van der Waals surface area contributed by atoms with Crippen LogP contribution in [0, 0.1) is 0 Å². The molecule has 1 atom stereocenters. The molecule has 4 rings (SSSR count). The van der Waals surface area contributed by atoms with Gasteiger partial charge in [0.05, 0.1) is 12.2 Å². The Morgan fingerprint density at radius 1 is 1.18 bits per heavy atom. The molecule has 7 nitrogen and oxygen atoms in total. The number of rotatable bonds is 5. The van der Waals surface area contributed by atoms with Crippen molar-refractivity contribution >= 4 is 11.0 Å². The highest BCUT2D eigenvalue weighted by molar-refractivity contribution is 5.79. The zero-order chi connectivity index (χ0) is 19.7. The number of benzene rings is 1. The minimum absolute atomic E-state index is 0.233. The summed E-state index contributed by atoms with van der Waals surface area (Å²) < 4.78 is 7.69. The molecule has 3 heterocycles. The molecule has 0 bridgehead atoms. The molecule has 0 aliphatic carbocycles. The predicted molar refractivity (Wildman–Crippen MR) is 107 cm³/mol. The van der Waals surface area contributed by atoms with Crippen molar-refractivity contribution in [3.05, 3.63) is 60.7 Å². The number of aromatic amines is 1. The van der Waals surface area contributed by atoms with Crippen LogP contribution in [-0.2, 0) is 4.74 Å². The van der Waals surface area contributed by atoms with Gasteiger partial charge in [-0.1, -0.05) is 12.1 Å². The van der Waals surface area contributed by atoms with Crippen molar-refractivity contribution in [2.45, 2.75) is 32.5 Å². The molecule has 2 N–H and O–H groups in total. The molecule has 1 aromatic carbocycles. The number of aromatic nitrogens is 5. The molecule has 0 aliphatic rings. The van der Waals surface area contributed by atoms with Crippen molar-refractivity contribution in [1.29, 1.82) is 0 Å². The standard InChI is InChI=1S/C21H23N5O2/c1-21(2,3)28-12-18(27)16-9-15-7-8-26(20(15)22-11-16)17-6-4-5-14(10-17)19-23-13-24-25-19/h4-11,13,18,27H,12H2,1-3H3,(H,23,24,25)/t18-/m1/s1. The van der Waals surface area contributed by atoms with E-state index >= 15 is 0 Å². The molecule has 0 radical (unpaired) electrons. The van der Waals surface area contributed by atoms with Gasteiger partial charge in [-0.05, 0) is 45.0 Å². The summed E-state index contributed by atoms with van der Waals surface area (Å²) in [6.07, 6.45) is 4.45. The van der Waals surface area contributed by atoms with Crippen molar-refractivity contribution in [3.63, 3.8) is 0 Å². The quantitative estimate of drug-likeness (QED) is 0.554. The zero-order valence-corrected chi connectivity index (χ0v) is 16.1. The second kappa shape index (κ2) is 7.18. The smallest absolute Gasteiger partial charge is 0.155 e. The second-order valence-corrected chi connectivity index (χ2v) is 7.69. The highest BCUT2D eigenvalue weighted by Crippen LogP contribution is 2.25. The summed E-state index contributed by atoms with van der Waals surface area (Å²) in [6.45, 7) is 6.13. The van der Waals surface area contributed by atoms with Gasteiger partial charge in [-0.3, -0.25) is 5.10 Å². The molecule has 4 aromatic rings. The average Bonchev–Trinajstić information content (AvgIpc) is 3.35. The Balaban J connectivity index is 1.63. The predicted octanol–water partition coefficient (Wildman–Crippen LogP) is 3.66. The van der Waals surface area contributed by atoms with Gasteiger partial charge in [0, 0.05) is 34.6 Å². The van der Waals surface area contributed by atoms with Gasteiger partial charge < -0.3 is 14.4 Å². The topological polar surface area (TPSA) is 88.8 Å². The number of nitrogens with zero attached hydrogens (tertiary/aromatic N) is 4. The van der Waals surface area contributed by atoms with Crippen molar-refractivity contribution in [2.75, 3.05) is 6.61 Å². The minimum Gasteiger partial charge on any atom is -0.386 e. The Morgan fingerprint density at radius 3 is 2.79 bits per heavy atom. The first-order valence-electron chi connectivity index (χ1n) is 9.16. The van der Waals surface area contributed by atoms with E-state index in [1.54, 1.807) is 6.20 Å². The van der Waals surface area contributed by atoms with Crippen LogP contribution < -0.4 is 0 Å². The maximum atomic E-state index is 10.4. The Hall–Kier alpha value is -3.03. The summed E-state index contributed by atoms with van der Waals surface area (Å²) in [6, 6.07) is 11.9. The van der Waals surface area contributed by atoms with Crippen LogP contribution in [0.2, 0.25) is 0 Å². The summed E-state index contributed by atoms with van der Waals surface area (Å²) in [7, 11) is 0. The van der Waals surface area contributed by atoms with E-state index < -0.39 is 6.10 Å². The molecule has 0 spiro atoms. The fraction of sp³-hybridized carbons (Fsp3) is 0.286. The van der Waals surface area contributed by atoms with Gasteiger partial charge >= 0.3 is 0 Å². The normalized spacial score (nSPS) is 13.1. The third-order valence-electron chi connectivity index (χ3n) is 4.42. The summed E-state index contributed by atoms with van der Waals surface area (Å²) in [4.78, 5) is 8.79. The second-order valence-electron chi connectivity index (χ2n) is 7.69. The maximum absolute atomic E-state index is 10.4. The van der Waals surface area contributed by atoms with Crippen LogP contribution >= 0.6 is 0 Å². The lowest BCUT2D eigenvalue weighted by Crippen LogP contribution is -2.22. The number of aliphatic hydroxyl groups is 1. The largest absolute Gasteiger partial charge is 0.386 e. The van der Waals surface area contributed by atoms with Gasteiger partial charge in [0.1, 0.15) is 18.1 Å². The number of hydrogen-bond acceptors (Lipinski definition) is 5. The third-order valence-corrected chi connectivity index (χ3v) is 4.42. The molecule has 0 saturated heterocycles. The van der Waals surface area contributed by atoms with Crippen LogP contribution in [0.3, 0.4) is 0 Å². The van der Waals surface area contributed by atoms with E-state index in [0.717, 1.165) is 33.7 Å². The van der Waals surface area contributed by atoms with Gasteiger partial charge in [-0.15, -0.1) is 0 Å². The Kier molecular flexibility index (Phi) is 4.70. The first kappa shape index (κ1) is 18.3. The highest BCUT2D eigenvalue weighted by atomic mass is 16.5. The molecular formula is C21H23N5O2. The zero-order valence-electron chi connectivity index (χ0n) is 16.1. The lowest BCUT2D eigenvalue weighted by molar-refractivity contribution is -0.0496. The fourth-order valence-corrected chi connectivity index (χ4v) is 3.00. The lowest BCUT2D eigenvalue weighted by atomic mass is 10.1. The molecule has 144 valence electrons. The average molecular weight is 377 g/mol. The Morgan fingerprint density at radius 2 is 2.04 bits per heavy atom. The van der Waals surface area contributed by atoms with E-state index in [-0.39, 0.29) is 12.2 Å². The number of fused-ring (bicyclic) bond motifs is 1. The van der Waals surface area contributed by atoms with Crippen LogP contribution in [0.25, 0.3) is 28.1 Å². The molecule has 0 unspecified atom stereocenters. The molecule has 0 aliphatic heterocycles. The van der Waals surface area contributed by atoms with Crippen LogP contribution in [0.15, 0.2) is 55.1 Å². The minimum atomic E-state index is -0.714. The molecule has 28 heavy (non-hydrogen) atoms. The van der Waals surface area contributed by atoms with Gasteiger partial charge in [0.2, 0.25) is 0 Å². The van der Waals surface area contributed by atoms with Crippen LogP contribution in [0.1, 0.15) is 32.4 Å². The molecule has 3 aromatic heterocycles. The molecule has 0 amide bonds. The number of aliphatic hydroxyl groups excluding tert-OH is 1. The molecule has 0 fully saturated rings. The van der Waals surface area contributed by atoms with E-state index in [0.29, 0.717) is 0 Å². The van der Waals surface area contributed by atoms with E-state index in [1.165, 1.54) is 6.33 Å². The monoisotopic (exact) mass is 377 g/mol. The summed E-state index contributed by atoms with van der Waals surface area (Å²) in [5, 5.41) is 18.2. The van der Waals surface area contributed by atoms with Crippen molar-refractivity contribution in [1.82, 2.24) is 24.7 Å². The number of H-pyrrole nitrogens is 1. The number of pyridine rings is 1. The molecular weight excluding hydrogens is 354 g/mol. The summed E-state index contributed by atoms with van der Waals surface area (Å²) in [5.74, 6) is 0.718. The van der Waals surface area contributed by atoms with E-state index in [9.17, 15) is 5.11 Å². The SMILES string of the molecule is CC(C)(C)OC[C@@H](O)c1cnc2c(ccn2-c2cccc(-c3ncn[nH]3)c2)c1. The van der Waals surface area contributed by atoms with Crippen LogP contribution in [0.5, 0.6) is 0 Å². The lowest BCUT2D eigenvalue weighted by Gasteiger charge is -2.22. The number of ether oxygens (including phenoxy) is 1. The maximum Gasteiger partial charge on any atom is 0.155 e. The van der Waals surface area contributed by atoms with Gasteiger partial charge in [0.15, 0.2) is 5.82 Å². The third kappa shape index (κ3) is 3.81. The van der Waals surface area contributed by atoms with Crippen LogP contribution in [-0.4, -0.2) is 42.0 Å². The van der Waals surface area contributed by atoms with Crippen molar-refractivity contribution in [2.24, 2.45) is 0 Å². The van der Waals surface area contributed by atoms with E-state index in [2.05, 4.69) is 20.2 Å². The Labute approximate surface area is 163 Å². The van der Waals surface area contributed by atoms with E-state index in [1.807, 2.05) is 67.9 Å². The summed E-state index contributed by atoms with van der Waals surface area (Å²) >= 11 is 0. The highest BCUT2D eigenvalue weighted by Gasteiger charge is 2.16.